The summed E-state index contributed by atoms with van der Waals surface area (Å²) in [6.45, 7) is 1.98. The fraction of sp³-hybridized carbons (Fsp3) is 0.176. The summed E-state index contributed by atoms with van der Waals surface area (Å²) in [6, 6.07) is 14.4. The van der Waals surface area contributed by atoms with Crippen molar-refractivity contribution < 1.29 is 14.3 Å². The molecule has 2 aromatic rings. The highest BCUT2D eigenvalue weighted by atomic mass is 16.5. The predicted molar refractivity (Wildman–Crippen MR) is 81.3 cm³/mol. The Kier molecular flexibility index (Phi) is 4.72. The highest BCUT2D eigenvalue weighted by molar-refractivity contribution is 5.94. The average Bonchev–Trinajstić information content (AvgIpc) is 2.49. The Morgan fingerprint density at radius 2 is 1.71 bits per heavy atom. The molecule has 0 saturated heterocycles. The number of carbonyl (C=O) groups is 2. The molecule has 0 aliphatic carbocycles. The molecule has 2 aromatic carbocycles. The first-order chi connectivity index (χ1) is 10.1. The van der Waals surface area contributed by atoms with E-state index in [1.54, 1.807) is 24.3 Å². The lowest BCUT2D eigenvalue weighted by Gasteiger charge is -2.08. The van der Waals surface area contributed by atoms with Crippen LogP contribution in [0.1, 0.15) is 21.5 Å². The molecular formula is C17H17NO3. The number of hydrogen-bond donors (Lipinski definition) is 1. The topological polar surface area (TPSA) is 55.4 Å². The molecule has 0 unspecified atom stereocenters. The number of rotatable bonds is 4. The smallest absolute Gasteiger partial charge is 0.337 e. The van der Waals surface area contributed by atoms with Gasteiger partial charge in [-0.25, -0.2) is 4.79 Å². The van der Waals surface area contributed by atoms with Crippen molar-refractivity contribution in [3.05, 3.63) is 65.2 Å². The zero-order valence-electron chi connectivity index (χ0n) is 12.1. The van der Waals surface area contributed by atoms with E-state index in [4.69, 9.17) is 0 Å². The van der Waals surface area contributed by atoms with E-state index in [9.17, 15) is 9.59 Å². The lowest BCUT2D eigenvalue weighted by molar-refractivity contribution is -0.115. The van der Waals surface area contributed by atoms with E-state index in [0.717, 1.165) is 11.1 Å². The zero-order chi connectivity index (χ0) is 15.2. The Bertz CT molecular complexity index is 647. The Morgan fingerprint density at radius 3 is 2.33 bits per heavy atom. The summed E-state index contributed by atoms with van der Waals surface area (Å²) in [6.07, 6.45) is 0.325. The van der Waals surface area contributed by atoms with Gasteiger partial charge in [0.05, 0.1) is 19.1 Å². The largest absolute Gasteiger partial charge is 0.465 e. The van der Waals surface area contributed by atoms with Crippen molar-refractivity contribution >= 4 is 17.6 Å². The summed E-state index contributed by atoms with van der Waals surface area (Å²) < 4.78 is 4.62. The Balaban J connectivity index is 2.00. The van der Waals surface area contributed by atoms with Crippen LogP contribution >= 0.6 is 0 Å². The molecule has 0 aliphatic rings. The van der Waals surface area contributed by atoms with Gasteiger partial charge in [0.1, 0.15) is 0 Å². The predicted octanol–water partition coefficient (Wildman–Crippen LogP) is 2.96. The number of aryl methyl sites for hydroxylation is 1. The Hall–Kier alpha value is -2.62. The third-order valence-electron chi connectivity index (χ3n) is 3.20. The third kappa shape index (κ3) is 3.92. The van der Waals surface area contributed by atoms with E-state index < -0.39 is 5.97 Å². The molecule has 0 spiro atoms. The van der Waals surface area contributed by atoms with Gasteiger partial charge in [-0.1, -0.05) is 24.3 Å². The van der Waals surface area contributed by atoms with E-state index in [1.807, 2.05) is 31.2 Å². The molecule has 1 N–H and O–H groups in total. The molecular weight excluding hydrogens is 266 g/mol. The van der Waals surface area contributed by atoms with Crippen molar-refractivity contribution in [3.8, 4) is 0 Å². The molecule has 0 radical (unpaired) electrons. The van der Waals surface area contributed by atoms with Crippen molar-refractivity contribution in [2.45, 2.75) is 13.3 Å². The number of amides is 1. The van der Waals surface area contributed by atoms with Crippen LogP contribution in [0.5, 0.6) is 0 Å². The monoisotopic (exact) mass is 283 g/mol. The first-order valence-electron chi connectivity index (χ1n) is 6.63. The molecule has 0 saturated carbocycles. The van der Waals surface area contributed by atoms with E-state index in [1.165, 1.54) is 7.11 Å². The molecule has 0 bridgehead atoms. The standard InChI is InChI=1S/C17H17NO3/c1-12-5-3-4-6-14(12)11-16(19)18-15-9-7-13(8-10-15)17(20)21-2/h3-10H,11H2,1-2H3,(H,18,19). The van der Waals surface area contributed by atoms with Gasteiger partial charge in [0, 0.05) is 5.69 Å². The summed E-state index contributed by atoms with van der Waals surface area (Å²) in [7, 11) is 1.33. The number of hydrogen-bond acceptors (Lipinski definition) is 3. The highest BCUT2D eigenvalue weighted by Gasteiger charge is 2.08. The van der Waals surface area contributed by atoms with Gasteiger partial charge in [-0.3, -0.25) is 4.79 Å². The second-order valence-electron chi connectivity index (χ2n) is 4.72. The van der Waals surface area contributed by atoms with Gasteiger partial charge in [0.15, 0.2) is 0 Å². The van der Waals surface area contributed by atoms with Crippen molar-refractivity contribution in [2.75, 3.05) is 12.4 Å². The minimum Gasteiger partial charge on any atom is -0.465 e. The van der Waals surface area contributed by atoms with Crippen molar-refractivity contribution in [1.29, 1.82) is 0 Å². The van der Waals surface area contributed by atoms with Crippen LogP contribution in [-0.4, -0.2) is 19.0 Å². The van der Waals surface area contributed by atoms with Gasteiger partial charge in [0.25, 0.3) is 0 Å². The summed E-state index contributed by atoms with van der Waals surface area (Å²) in [4.78, 5) is 23.3. The van der Waals surface area contributed by atoms with Crippen molar-refractivity contribution in [3.63, 3.8) is 0 Å². The van der Waals surface area contributed by atoms with Gasteiger partial charge >= 0.3 is 5.97 Å². The average molecular weight is 283 g/mol. The minimum atomic E-state index is -0.396. The van der Waals surface area contributed by atoms with Crippen LogP contribution in [0.15, 0.2) is 48.5 Å². The van der Waals surface area contributed by atoms with Gasteiger partial charge < -0.3 is 10.1 Å². The van der Waals surface area contributed by atoms with E-state index in [-0.39, 0.29) is 5.91 Å². The molecule has 4 heteroatoms. The number of carbonyl (C=O) groups excluding carboxylic acids is 2. The molecule has 0 aliphatic heterocycles. The quantitative estimate of drug-likeness (QED) is 0.878. The molecule has 21 heavy (non-hydrogen) atoms. The second kappa shape index (κ2) is 6.70. The molecule has 0 aromatic heterocycles. The lowest BCUT2D eigenvalue weighted by atomic mass is 10.1. The number of methoxy groups -OCH3 is 1. The molecule has 1 amide bonds. The molecule has 0 fully saturated rings. The Morgan fingerprint density at radius 1 is 1.05 bits per heavy atom. The molecule has 4 nitrogen and oxygen atoms in total. The van der Waals surface area contributed by atoms with Crippen LogP contribution in [0.2, 0.25) is 0 Å². The van der Waals surface area contributed by atoms with Crippen LogP contribution in [0, 0.1) is 6.92 Å². The number of nitrogens with one attached hydrogen (secondary N) is 1. The van der Waals surface area contributed by atoms with Crippen LogP contribution in [0.3, 0.4) is 0 Å². The number of benzene rings is 2. The second-order valence-corrected chi connectivity index (χ2v) is 4.72. The SMILES string of the molecule is COC(=O)c1ccc(NC(=O)Cc2ccccc2C)cc1. The number of ether oxygens (including phenoxy) is 1. The van der Waals surface area contributed by atoms with Crippen molar-refractivity contribution in [2.24, 2.45) is 0 Å². The molecule has 108 valence electrons. The van der Waals surface area contributed by atoms with E-state index >= 15 is 0 Å². The van der Waals surface area contributed by atoms with E-state index in [0.29, 0.717) is 17.7 Å². The minimum absolute atomic E-state index is 0.0879. The van der Waals surface area contributed by atoms with Gasteiger partial charge in [-0.2, -0.15) is 0 Å². The maximum Gasteiger partial charge on any atom is 0.337 e. The highest BCUT2D eigenvalue weighted by Crippen LogP contribution is 2.12. The lowest BCUT2D eigenvalue weighted by Crippen LogP contribution is -2.15. The molecule has 0 heterocycles. The summed E-state index contributed by atoms with van der Waals surface area (Å²) in [5, 5.41) is 2.81. The number of anilines is 1. The summed E-state index contributed by atoms with van der Waals surface area (Å²) >= 11 is 0. The fourth-order valence-corrected chi connectivity index (χ4v) is 1.99. The first kappa shape index (κ1) is 14.8. The van der Waals surface area contributed by atoms with Gasteiger partial charge in [0.2, 0.25) is 5.91 Å². The maximum absolute atomic E-state index is 12.0. The maximum atomic E-state index is 12.0. The summed E-state index contributed by atoms with van der Waals surface area (Å²) in [5.74, 6) is -0.483. The molecule has 0 atom stereocenters. The van der Waals surface area contributed by atoms with Crippen LogP contribution < -0.4 is 5.32 Å². The van der Waals surface area contributed by atoms with Gasteiger partial charge in [-0.05, 0) is 42.3 Å². The van der Waals surface area contributed by atoms with Crippen LogP contribution in [0.25, 0.3) is 0 Å². The fourth-order valence-electron chi connectivity index (χ4n) is 1.99. The first-order valence-corrected chi connectivity index (χ1v) is 6.63. The van der Waals surface area contributed by atoms with E-state index in [2.05, 4.69) is 10.1 Å². The van der Waals surface area contributed by atoms with Crippen LogP contribution in [-0.2, 0) is 16.0 Å². The van der Waals surface area contributed by atoms with Gasteiger partial charge in [-0.15, -0.1) is 0 Å². The van der Waals surface area contributed by atoms with Crippen LogP contribution in [0.4, 0.5) is 5.69 Å². The Labute approximate surface area is 123 Å². The third-order valence-corrected chi connectivity index (χ3v) is 3.20. The number of esters is 1. The normalized spacial score (nSPS) is 10.0. The van der Waals surface area contributed by atoms with Crippen molar-refractivity contribution in [1.82, 2.24) is 0 Å². The summed E-state index contributed by atoms with van der Waals surface area (Å²) in [5.41, 5.74) is 3.20. The zero-order valence-corrected chi connectivity index (χ0v) is 12.1. The molecule has 2 rings (SSSR count).